The molecule has 218 valence electrons. The van der Waals surface area contributed by atoms with Gasteiger partial charge in [0.1, 0.15) is 18.8 Å². The molecule has 8 heteroatoms. The summed E-state index contributed by atoms with van der Waals surface area (Å²) >= 11 is 0. The van der Waals surface area contributed by atoms with Gasteiger partial charge in [0.05, 0.1) is 5.39 Å². The highest BCUT2D eigenvalue weighted by Crippen LogP contribution is 2.36. The van der Waals surface area contributed by atoms with Crippen LogP contribution < -0.4 is 14.9 Å². The zero-order valence-corrected chi connectivity index (χ0v) is 23.4. The number of benzene rings is 4. The van der Waals surface area contributed by atoms with Crippen molar-refractivity contribution in [2.45, 2.75) is 38.9 Å². The van der Waals surface area contributed by atoms with Gasteiger partial charge in [-0.05, 0) is 54.3 Å². The summed E-state index contributed by atoms with van der Waals surface area (Å²) in [7, 11) is 0. The van der Waals surface area contributed by atoms with E-state index in [0.717, 1.165) is 11.1 Å². The van der Waals surface area contributed by atoms with Crippen LogP contribution in [0.25, 0.3) is 22.3 Å². The van der Waals surface area contributed by atoms with Gasteiger partial charge in [0, 0.05) is 18.4 Å². The van der Waals surface area contributed by atoms with Gasteiger partial charge in [0.2, 0.25) is 11.2 Å². The molecule has 0 saturated carbocycles. The Morgan fingerprint density at radius 2 is 1.35 bits per heavy atom. The third-order valence-electron chi connectivity index (χ3n) is 6.68. The fourth-order valence-electron chi connectivity index (χ4n) is 4.44. The first-order valence-electron chi connectivity index (χ1n) is 13.9. The van der Waals surface area contributed by atoms with Crippen LogP contribution in [-0.4, -0.2) is 17.0 Å². The number of para-hydroxylation sites is 1. The Kier molecular flexibility index (Phi) is 9.49. The van der Waals surface area contributed by atoms with Gasteiger partial charge in [-0.2, -0.15) is 0 Å². The Bertz CT molecular complexity index is 1760. The van der Waals surface area contributed by atoms with Crippen LogP contribution in [0.1, 0.15) is 36.8 Å². The van der Waals surface area contributed by atoms with E-state index >= 15 is 0 Å². The van der Waals surface area contributed by atoms with Crippen molar-refractivity contribution in [3.05, 3.63) is 124 Å². The normalized spacial score (nSPS) is 10.8. The van der Waals surface area contributed by atoms with Gasteiger partial charge in [0.25, 0.3) is 0 Å². The number of aromatic hydroxyl groups is 1. The van der Waals surface area contributed by atoms with Crippen LogP contribution in [0.2, 0.25) is 0 Å². The molecule has 4 aromatic carbocycles. The highest BCUT2D eigenvalue weighted by molar-refractivity contribution is 5.84. The number of fused-ring (bicyclic) bond motifs is 1. The van der Waals surface area contributed by atoms with Crippen LogP contribution >= 0.6 is 0 Å². The summed E-state index contributed by atoms with van der Waals surface area (Å²) in [5, 5.41) is 10.9. The Hall–Kier alpha value is -5.37. The monoisotopic (exact) mass is 578 g/mol. The SMILES string of the molecule is O=C(CCCCC(=O)Oc1c(-c2ccc(OCc3ccccc3)c(O)c2)oc2ccccc2c1=O)OCc1ccccc1. The van der Waals surface area contributed by atoms with Crippen molar-refractivity contribution in [3.63, 3.8) is 0 Å². The molecule has 43 heavy (non-hydrogen) atoms. The van der Waals surface area contributed by atoms with E-state index in [4.69, 9.17) is 18.6 Å². The molecule has 0 bridgehead atoms. The van der Waals surface area contributed by atoms with E-state index in [1.54, 1.807) is 36.4 Å². The smallest absolute Gasteiger partial charge is 0.311 e. The molecule has 1 aromatic heterocycles. The van der Waals surface area contributed by atoms with Gasteiger partial charge >= 0.3 is 11.9 Å². The number of phenols is 1. The standard InChI is InChI=1S/C35H30O8/c36-28-21-26(19-20-30(28)40-22-24-11-3-1-4-12-24)34-35(33(39)27-15-7-8-16-29(27)42-34)43-32(38)18-10-9-17-31(37)41-23-25-13-5-2-6-14-25/h1-8,11-16,19-21,36H,9-10,17-18,22-23H2. The number of unbranched alkanes of at least 4 members (excludes halogenated alkanes) is 1. The van der Waals surface area contributed by atoms with Crippen molar-refractivity contribution in [2.24, 2.45) is 0 Å². The van der Waals surface area contributed by atoms with E-state index in [9.17, 15) is 19.5 Å². The lowest BCUT2D eigenvalue weighted by Crippen LogP contribution is -2.16. The van der Waals surface area contributed by atoms with Crippen LogP contribution in [0.4, 0.5) is 0 Å². The van der Waals surface area contributed by atoms with Crippen molar-refractivity contribution >= 4 is 22.9 Å². The summed E-state index contributed by atoms with van der Waals surface area (Å²) in [5.41, 5.74) is 1.95. The van der Waals surface area contributed by atoms with Gasteiger partial charge < -0.3 is 23.7 Å². The number of carbonyl (C=O) groups excluding carboxylic acids is 2. The van der Waals surface area contributed by atoms with E-state index in [1.807, 2.05) is 60.7 Å². The number of hydrogen-bond donors (Lipinski definition) is 1. The van der Waals surface area contributed by atoms with Crippen molar-refractivity contribution in [2.75, 3.05) is 0 Å². The third kappa shape index (κ3) is 7.68. The molecule has 0 aliphatic heterocycles. The molecule has 0 spiro atoms. The second-order valence-corrected chi connectivity index (χ2v) is 9.87. The van der Waals surface area contributed by atoms with Crippen molar-refractivity contribution < 1.29 is 33.3 Å². The second kappa shape index (κ2) is 14.0. The molecule has 5 rings (SSSR count). The highest BCUT2D eigenvalue weighted by Gasteiger charge is 2.21. The van der Waals surface area contributed by atoms with Crippen LogP contribution in [0.3, 0.4) is 0 Å². The molecule has 0 aliphatic carbocycles. The Morgan fingerprint density at radius 1 is 0.721 bits per heavy atom. The molecule has 0 radical (unpaired) electrons. The van der Waals surface area contributed by atoms with Gasteiger partial charge in [-0.3, -0.25) is 14.4 Å². The first kappa shape index (κ1) is 29.1. The first-order chi connectivity index (χ1) is 21.0. The summed E-state index contributed by atoms with van der Waals surface area (Å²) < 4.78 is 22.6. The Morgan fingerprint density at radius 3 is 2.05 bits per heavy atom. The van der Waals surface area contributed by atoms with E-state index in [2.05, 4.69) is 0 Å². The van der Waals surface area contributed by atoms with Gasteiger partial charge in [-0.25, -0.2) is 0 Å². The van der Waals surface area contributed by atoms with Crippen molar-refractivity contribution in [1.82, 2.24) is 0 Å². The van der Waals surface area contributed by atoms with E-state index in [-0.39, 0.29) is 60.4 Å². The molecule has 0 saturated heterocycles. The van der Waals surface area contributed by atoms with E-state index < -0.39 is 11.4 Å². The Balaban J connectivity index is 1.25. The summed E-state index contributed by atoms with van der Waals surface area (Å²) in [5.74, 6) is -1.19. The third-order valence-corrected chi connectivity index (χ3v) is 6.68. The summed E-state index contributed by atoms with van der Waals surface area (Å²) in [6.07, 6.45) is 0.915. The maximum absolute atomic E-state index is 13.4. The lowest BCUT2D eigenvalue weighted by atomic mass is 10.1. The van der Waals surface area contributed by atoms with Crippen molar-refractivity contribution in [3.8, 4) is 28.6 Å². The average molecular weight is 579 g/mol. The minimum Gasteiger partial charge on any atom is -0.504 e. The molecule has 1 N–H and O–H groups in total. The van der Waals surface area contributed by atoms with Crippen LogP contribution in [0, 0.1) is 0 Å². The average Bonchev–Trinajstić information content (AvgIpc) is 3.04. The molecule has 0 amide bonds. The van der Waals surface area contributed by atoms with Crippen LogP contribution in [0.15, 0.2) is 112 Å². The zero-order valence-electron chi connectivity index (χ0n) is 23.4. The molecule has 0 fully saturated rings. The fourth-order valence-corrected chi connectivity index (χ4v) is 4.44. The number of phenolic OH excluding ortho intramolecular Hbond substituents is 1. The van der Waals surface area contributed by atoms with Crippen LogP contribution in [0.5, 0.6) is 17.2 Å². The minimum atomic E-state index is -0.645. The molecule has 5 aromatic rings. The van der Waals surface area contributed by atoms with Gasteiger partial charge in [0.15, 0.2) is 17.3 Å². The van der Waals surface area contributed by atoms with Crippen molar-refractivity contribution in [1.29, 1.82) is 0 Å². The van der Waals surface area contributed by atoms with Crippen LogP contribution in [-0.2, 0) is 27.5 Å². The zero-order chi connectivity index (χ0) is 30.0. The van der Waals surface area contributed by atoms with E-state index in [1.165, 1.54) is 6.07 Å². The quantitative estimate of drug-likeness (QED) is 0.125. The maximum atomic E-state index is 13.4. The summed E-state index contributed by atoms with van der Waals surface area (Å²) in [4.78, 5) is 38.3. The molecule has 0 unspecified atom stereocenters. The predicted molar refractivity (Wildman–Crippen MR) is 161 cm³/mol. The topological polar surface area (TPSA) is 112 Å². The number of ether oxygens (including phenoxy) is 3. The number of carbonyl (C=O) groups is 2. The number of esters is 2. The lowest BCUT2D eigenvalue weighted by molar-refractivity contribution is -0.145. The molecule has 0 aliphatic rings. The Labute approximate surface area is 248 Å². The number of rotatable bonds is 12. The fraction of sp³-hybridized carbons (Fsp3) is 0.171. The summed E-state index contributed by atoms with van der Waals surface area (Å²) in [6, 6.07) is 30.1. The maximum Gasteiger partial charge on any atom is 0.311 e. The predicted octanol–water partition coefficient (Wildman–Crippen LogP) is 6.95. The minimum absolute atomic E-state index is 0.00597. The lowest BCUT2D eigenvalue weighted by Gasteiger charge is -2.13. The first-order valence-corrected chi connectivity index (χ1v) is 13.9. The van der Waals surface area contributed by atoms with Gasteiger partial charge in [-0.15, -0.1) is 0 Å². The molecule has 8 nitrogen and oxygen atoms in total. The largest absolute Gasteiger partial charge is 0.504 e. The number of hydrogen-bond acceptors (Lipinski definition) is 8. The molecular weight excluding hydrogens is 548 g/mol. The van der Waals surface area contributed by atoms with E-state index in [0.29, 0.717) is 24.0 Å². The molecular formula is C35H30O8. The molecule has 0 atom stereocenters. The molecule has 1 heterocycles. The highest BCUT2D eigenvalue weighted by atomic mass is 16.5. The summed E-state index contributed by atoms with van der Waals surface area (Å²) in [6.45, 7) is 0.449. The second-order valence-electron chi connectivity index (χ2n) is 9.87. The van der Waals surface area contributed by atoms with Gasteiger partial charge in [-0.1, -0.05) is 72.8 Å².